The minimum absolute atomic E-state index is 0.0149. The van der Waals surface area contributed by atoms with Gasteiger partial charge in [-0.2, -0.15) is 0 Å². The van der Waals surface area contributed by atoms with E-state index in [2.05, 4.69) is 15.6 Å². The van der Waals surface area contributed by atoms with Crippen LogP contribution in [0.5, 0.6) is 5.75 Å². The summed E-state index contributed by atoms with van der Waals surface area (Å²) in [6, 6.07) is 5.57. The predicted octanol–water partition coefficient (Wildman–Crippen LogP) is 2.94. The number of methoxy groups -OCH3 is 1. The normalized spacial score (nSPS) is 15.2. The van der Waals surface area contributed by atoms with Crippen LogP contribution in [0.1, 0.15) is 32.1 Å². The molecule has 24 heavy (non-hydrogen) atoms. The zero-order chi connectivity index (χ0) is 16.9. The first-order valence-electron chi connectivity index (χ1n) is 8.18. The van der Waals surface area contributed by atoms with Gasteiger partial charge in [-0.15, -0.1) is 0 Å². The molecule has 0 saturated heterocycles. The Kier molecular flexibility index (Phi) is 5.30. The van der Waals surface area contributed by atoms with E-state index in [4.69, 9.17) is 4.74 Å². The lowest BCUT2D eigenvalue weighted by molar-refractivity contribution is -0.128. The molecule has 0 atom stereocenters. The van der Waals surface area contributed by atoms with Crippen molar-refractivity contribution >= 4 is 38.5 Å². The first-order chi connectivity index (χ1) is 11.7. The van der Waals surface area contributed by atoms with E-state index in [1.807, 2.05) is 18.2 Å². The Morgan fingerprint density at radius 2 is 2.08 bits per heavy atom. The van der Waals surface area contributed by atoms with Crippen LogP contribution in [-0.4, -0.2) is 30.5 Å². The zero-order valence-corrected chi connectivity index (χ0v) is 14.4. The van der Waals surface area contributed by atoms with Gasteiger partial charge < -0.3 is 15.4 Å². The Morgan fingerprint density at radius 1 is 1.29 bits per heavy atom. The van der Waals surface area contributed by atoms with Gasteiger partial charge in [0.05, 0.1) is 23.9 Å². The second kappa shape index (κ2) is 7.61. The number of anilines is 1. The van der Waals surface area contributed by atoms with Crippen LogP contribution in [0, 0.1) is 5.92 Å². The molecule has 1 aromatic carbocycles. The van der Waals surface area contributed by atoms with E-state index in [-0.39, 0.29) is 24.3 Å². The third kappa shape index (κ3) is 4.03. The number of carbonyl (C=O) groups is 2. The lowest BCUT2D eigenvalue weighted by atomic mass is 9.89. The molecule has 1 heterocycles. The SMILES string of the molecule is COc1ccc2nc(NC(=O)CNC(=O)C3CCCCC3)sc2c1. The third-order valence-electron chi connectivity index (χ3n) is 4.24. The largest absolute Gasteiger partial charge is 0.497 e. The van der Waals surface area contributed by atoms with Crippen molar-refractivity contribution in [2.75, 3.05) is 19.0 Å². The van der Waals surface area contributed by atoms with Crippen molar-refractivity contribution in [3.63, 3.8) is 0 Å². The van der Waals surface area contributed by atoms with Crippen molar-refractivity contribution in [1.29, 1.82) is 0 Å². The summed E-state index contributed by atoms with van der Waals surface area (Å²) < 4.78 is 6.12. The number of thiazole rings is 1. The van der Waals surface area contributed by atoms with Gasteiger partial charge in [0.2, 0.25) is 11.8 Å². The summed E-state index contributed by atoms with van der Waals surface area (Å²) in [6.45, 7) is -0.0193. The second-order valence-corrected chi connectivity index (χ2v) is 6.98. The van der Waals surface area contributed by atoms with Crippen LogP contribution in [0.2, 0.25) is 0 Å². The molecule has 1 saturated carbocycles. The van der Waals surface area contributed by atoms with Crippen LogP contribution in [0.25, 0.3) is 10.2 Å². The van der Waals surface area contributed by atoms with Crippen molar-refractivity contribution in [2.45, 2.75) is 32.1 Å². The highest BCUT2D eigenvalue weighted by Gasteiger charge is 2.21. The minimum atomic E-state index is -0.259. The molecule has 128 valence electrons. The van der Waals surface area contributed by atoms with E-state index in [0.29, 0.717) is 5.13 Å². The number of hydrogen-bond donors (Lipinski definition) is 2. The second-order valence-electron chi connectivity index (χ2n) is 5.95. The van der Waals surface area contributed by atoms with Gasteiger partial charge in [0.1, 0.15) is 5.75 Å². The number of aromatic nitrogens is 1. The number of fused-ring (bicyclic) bond motifs is 1. The highest BCUT2D eigenvalue weighted by atomic mass is 32.1. The Morgan fingerprint density at radius 3 is 2.83 bits per heavy atom. The summed E-state index contributed by atoms with van der Waals surface area (Å²) in [7, 11) is 1.61. The molecular formula is C17H21N3O3S. The Balaban J connectivity index is 1.53. The molecule has 1 aliphatic carbocycles. The maximum absolute atomic E-state index is 12.0. The van der Waals surface area contributed by atoms with Crippen LogP contribution in [0.3, 0.4) is 0 Å². The number of nitrogens with zero attached hydrogens (tertiary/aromatic N) is 1. The van der Waals surface area contributed by atoms with Gasteiger partial charge in [-0.3, -0.25) is 9.59 Å². The van der Waals surface area contributed by atoms with Crippen molar-refractivity contribution in [2.24, 2.45) is 5.92 Å². The molecule has 2 amide bonds. The first kappa shape index (κ1) is 16.7. The number of ether oxygens (including phenoxy) is 1. The van der Waals surface area contributed by atoms with E-state index < -0.39 is 0 Å². The maximum Gasteiger partial charge on any atom is 0.245 e. The molecule has 2 aromatic rings. The monoisotopic (exact) mass is 347 g/mol. The third-order valence-corrected chi connectivity index (χ3v) is 5.17. The maximum atomic E-state index is 12.0. The molecule has 6 nitrogen and oxygen atoms in total. The topological polar surface area (TPSA) is 80.3 Å². The quantitative estimate of drug-likeness (QED) is 0.871. The average molecular weight is 347 g/mol. The van der Waals surface area contributed by atoms with E-state index >= 15 is 0 Å². The molecule has 1 aliphatic rings. The first-order valence-corrected chi connectivity index (χ1v) is 8.99. The highest BCUT2D eigenvalue weighted by molar-refractivity contribution is 7.22. The fourth-order valence-corrected chi connectivity index (χ4v) is 3.84. The summed E-state index contributed by atoms with van der Waals surface area (Å²) in [5.41, 5.74) is 0.808. The number of hydrogen-bond acceptors (Lipinski definition) is 5. The number of benzene rings is 1. The van der Waals surface area contributed by atoms with Gasteiger partial charge >= 0.3 is 0 Å². The molecule has 1 fully saturated rings. The average Bonchev–Trinajstić information content (AvgIpc) is 3.01. The summed E-state index contributed by atoms with van der Waals surface area (Å²) in [5.74, 6) is 0.536. The van der Waals surface area contributed by atoms with Crippen LogP contribution in [-0.2, 0) is 9.59 Å². The molecule has 0 bridgehead atoms. The smallest absolute Gasteiger partial charge is 0.245 e. The molecule has 0 spiro atoms. The molecule has 1 aromatic heterocycles. The standard InChI is InChI=1S/C17H21N3O3S/c1-23-12-7-8-13-14(9-12)24-17(19-13)20-15(21)10-18-16(22)11-5-3-2-4-6-11/h7-9,11H,2-6,10H2,1H3,(H,18,22)(H,19,20,21). The van der Waals surface area contributed by atoms with Gasteiger partial charge in [-0.05, 0) is 31.0 Å². The number of carbonyl (C=O) groups excluding carboxylic acids is 2. The Bertz CT molecular complexity index is 738. The van der Waals surface area contributed by atoms with E-state index in [1.54, 1.807) is 7.11 Å². The summed E-state index contributed by atoms with van der Waals surface area (Å²) in [4.78, 5) is 28.4. The molecular weight excluding hydrogens is 326 g/mol. The minimum Gasteiger partial charge on any atom is -0.497 e. The van der Waals surface area contributed by atoms with E-state index in [0.717, 1.165) is 41.6 Å². The number of nitrogens with one attached hydrogen (secondary N) is 2. The molecule has 7 heteroatoms. The molecule has 0 unspecified atom stereocenters. The van der Waals surface area contributed by atoms with E-state index in [1.165, 1.54) is 17.8 Å². The van der Waals surface area contributed by atoms with Gasteiger partial charge in [-0.25, -0.2) is 4.98 Å². The van der Waals surface area contributed by atoms with Crippen molar-refractivity contribution < 1.29 is 14.3 Å². The predicted molar refractivity (Wildman–Crippen MR) is 94.4 cm³/mol. The highest BCUT2D eigenvalue weighted by Crippen LogP contribution is 2.29. The van der Waals surface area contributed by atoms with Crippen molar-refractivity contribution in [1.82, 2.24) is 10.3 Å². The number of rotatable bonds is 5. The van der Waals surface area contributed by atoms with Crippen LogP contribution < -0.4 is 15.4 Å². The lowest BCUT2D eigenvalue weighted by Crippen LogP contribution is -2.37. The molecule has 0 radical (unpaired) electrons. The van der Waals surface area contributed by atoms with Gasteiger partial charge in [0, 0.05) is 5.92 Å². The Labute approximate surface area is 144 Å². The van der Waals surface area contributed by atoms with Crippen LogP contribution >= 0.6 is 11.3 Å². The van der Waals surface area contributed by atoms with Gasteiger partial charge in [0.25, 0.3) is 0 Å². The fraction of sp³-hybridized carbons (Fsp3) is 0.471. The summed E-state index contributed by atoms with van der Waals surface area (Å²) in [5, 5.41) is 5.99. The fourth-order valence-electron chi connectivity index (χ4n) is 2.93. The summed E-state index contributed by atoms with van der Waals surface area (Å²) in [6.07, 6.45) is 5.24. The van der Waals surface area contributed by atoms with Gasteiger partial charge in [-0.1, -0.05) is 30.6 Å². The zero-order valence-electron chi connectivity index (χ0n) is 13.6. The molecule has 0 aliphatic heterocycles. The number of amides is 2. The molecule has 2 N–H and O–H groups in total. The van der Waals surface area contributed by atoms with Crippen molar-refractivity contribution in [3.8, 4) is 5.75 Å². The Hall–Kier alpha value is -2.15. The van der Waals surface area contributed by atoms with Crippen molar-refractivity contribution in [3.05, 3.63) is 18.2 Å². The molecule has 3 rings (SSSR count). The van der Waals surface area contributed by atoms with E-state index in [9.17, 15) is 9.59 Å². The summed E-state index contributed by atoms with van der Waals surface area (Å²) >= 11 is 1.38. The van der Waals surface area contributed by atoms with Gasteiger partial charge in [0.15, 0.2) is 5.13 Å². The van der Waals surface area contributed by atoms with Crippen LogP contribution in [0.4, 0.5) is 5.13 Å². The lowest BCUT2D eigenvalue weighted by Gasteiger charge is -2.20. The van der Waals surface area contributed by atoms with Crippen LogP contribution in [0.15, 0.2) is 18.2 Å².